The van der Waals surface area contributed by atoms with Gasteiger partial charge in [-0.25, -0.2) is 0 Å². The Kier molecular flexibility index (Phi) is 3.65. The molecular weight excluding hydrogens is 292 g/mol. The number of anilines is 1. The molecule has 0 saturated carbocycles. The van der Waals surface area contributed by atoms with Crippen molar-refractivity contribution in [2.24, 2.45) is 4.99 Å². The lowest BCUT2D eigenvalue weighted by molar-refractivity contribution is -0.114. The molecule has 23 heavy (non-hydrogen) atoms. The Balaban J connectivity index is 1.82. The number of fused-ring (bicyclic) bond motifs is 1. The number of hydrogen-bond donors (Lipinski definition) is 1. The SMILES string of the molecule is O=C1CN=C(c2ccccc2)c2cc(C3OCCO3)ccc2N1. The van der Waals surface area contributed by atoms with Crippen LogP contribution in [-0.2, 0) is 14.3 Å². The minimum absolute atomic E-state index is 0.113. The zero-order valence-electron chi connectivity index (χ0n) is 12.5. The number of nitrogens with one attached hydrogen (secondary N) is 1. The quantitative estimate of drug-likeness (QED) is 0.927. The van der Waals surface area contributed by atoms with Crippen LogP contribution in [0.25, 0.3) is 0 Å². The van der Waals surface area contributed by atoms with Crippen LogP contribution in [0, 0.1) is 0 Å². The van der Waals surface area contributed by atoms with E-state index in [2.05, 4.69) is 10.3 Å². The van der Waals surface area contributed by atoms with Crippen LogP contribution >= 0.6 is 0 Å². The zero-order chi connectivity index (χ0) is 15.6. The standard InChI is InChI=1S/C18H16N2O3/c21-16-11-19-17(12-4-2-1-3-5-12)14-10-13(6-7-15(14)20-16)18-22-8-9-23-18/h1-7,10,18H,8-9,11H2,(H,20,21). The van der Waals surface area contributed by atoms with E-state index in [0.29, 0.717) is 13.2 Å². The van der Waals surface area contributed by atoms with E-state index in [-0.39, 0.29) is 18.7 Å². The highest BCUT2D eigenvalue weighted by Gasteiger charge is 2.23. The van der Waals surface area contributed by atoms with E-state index in [1.54, 1.807) is 0 Å². The summed E-state index contributed by atoms with van der Waals surface area (Å²) in [6, 6.07) is 15.7. The van der Waals surface area contributed by atoms with E-state index in [1.807, 2.05) is 48.5 Å². The first-order valence-electron chi connectivity index (χ1n) is 7.58. The molecule has 0 unspecified atom stereocenters. The molecule has 2 aromatic carbocycles. The summed E-state index contributed by atoms with van der Waals surface area (Å²) in [7, 11) is 0. The molecule has 1 N–H and O–H groups in total. The van der Waals surface area contributed by atoms with Crippen LogP contribution in [0.4, 0.5) is 5.69 Å². The van der Waals surface area contributed by atoms with Gasteiger partial charge in [0.1, 0.15) is 6.54 Å². The topological polar surface area (TPSA) is 59.9 Å². The molecular formula is C18H16N2O3. The molecule has 0 bridgehead atoms. The molecule has 2 heterocycles. The molecule has 1 fully saturated rings. The van der Waals surface area contributed by atoms with Gasteiger partial charge in [0, 0.05) is 16.7 Å². The van der Waals surface area contributed by atoms with Crippen LogP contribution in [-0.4, -0.2) is 31.4 Å². The second-order valence-electron chi connectivity index (χ2n) is 5.46. The van der Waals surface area contributed by atoms with Crippen molar-refractivity contribution >= 4 is 17.3 Å². The van der Waals surface area contributed by atoms with Gasteiger partial charge in [-0.3, -0.25) is 9.79 Å². The van der Waals surface area contributed by atoms with Gasteiger partial charge in [-0.05, 0) is 12.1 Å². The maximum atomic E-state index is 11.9. The molecule has 0 radical (unpaired) electrons. The van der Waals surface area contributed by atoms with Crippen LogP contribution in [0.5, 0.6) is 0 Å². The molecule has 0 aromatic heterocycles. The first-order valence-corrected chi connectivity index (χ1v) is 7.58. The third-order valence-corrected chi connectivity index (χ3v) is 3.89. The number of carbonyl (C=O) groups excluding carboxylic acids is 1. The summed E-state index contributed by atoms with van der Waals surface area (Å²) in [4.78, 5) is 16.4. The number of ether oxygens (including phenoxy) is 2. The summed E-state index contributed by atoms with van der Waals surface area (Å²) in [5.41, 5.74) is 4.37. The summed E-state index contributed by atoms with van der Waals surface area (Å²) in [5, 5.41) is 2.90. The summed E-state index contributed by atoms with van der Waals surface area (Å²) < 4.78 is 11.1. The van der Waals surface area contributed by atoms with Crippen molar-refractivity contribution in [1.29, 1.82) is 0 Å². The lowest BCUT2D eigenvalue weighted by Gasteiger charge is -2.15. The van der Waals surface area contributed by atoms with Crippen molar-refractivity contribution in [2.75, 3.05) is 25.1 Å². The Bertz CT molecular complexity index is 765. The number of nitrogens with zero attached hydrogens (tertiary/aromatic N) is 1. The Hall–Kier alpha value is -2.50. The Morgan fingerprint density at radius 1 is 1.04 bits per heavy atom. The van der Waals surface area contributed by atoms with Gasteiger partial charge in [0.25, 0.3) is 0 Å². The second-order valence-corrected chi connectivity index (χ2v) is 5.46. The molecule has 2 aromatic rings. The highest BCUT2D eigenvalue weighted by molar-refractivity contribution is 6.19. The van der Waals surface area contributed by atoms with Crippen LogP contribution in [0.15, 0.2) is 53.5 Å². The predicted octanol–water partition coefficient (Wildman–Crippen LogP) is 2.52. The zero-order valence-corrected chi connectivity index (χ0v) is 12.5. The molecule has 5 heteroatoms. The molecule has 5 nitrogen and oxygen atoms in total. The second kappa shape index (κ2) is 5.95. The summed E-state index contributed by atoms with van der Waals surface area (Å²) in [6.07, 6.45) is -0.351. The molecule has 1 amide bonds. The van der Waals surface area contributed by atoms with Crippen LogP contribution in [0.3, 0.4) is 0 Å². The van der Waals surface area contributed by atoms with Crippen LogP contribution in [0.1, 0.15) is 23.0 Å². The summed E-state index contributed by atoms with van der Waals surface area (Å²) >= 11 is 0. The minimum atomic E-state index is -0.351. The fourth-order valence-electron chi connectivity index (χ4n) is 2.83. The monoisotopic (exact) mass is 308 g/mol. The first-order chi connectivity index (χ1) is 11.3. The Labute approximate surface area is 134 Å². The number of rotatable bonds is 2. The molecule has 2 aliphatic heterocycles. The van der Waals surface area contributed by atoms with Gasteiger partial charge in [-0.15, -0.1) is 0 Å². The van der Waals surface area contributed by atoms with E-state index in [0.717, 1.165) is 28.1 Å². The van der Waals surface area contributed by atoms with E-state index >= 15 is 0 Å². The van der Waals surface area contributed by atoms with Crippen molar-refractivity contribution in [3.05, 3.63) is 65.2 Å². The van der Waals surface area contributed by atoms with Crippen molar-refractivity contribution in [3.8, 4) is 0 Å². The fraction of sp³-hybridized carbons (Fsp3) is 0.222. The molecule has 0 atom stereocenters. The maximum Gasteiger partial charge on any atom is 0.246 e. The van der Waals surface area contributed by atoms with Gasteiger partial charge in [-0.2, -0.15) is 0 Å². The largest absolute Gasteiger partial charge is 0.346 e. The van der Waals surface area contributed by atoms with Crippen molar-refractivity contribution in [1.82, 2.24) is 0 Å². The normalized spacial score (nSPS) is 18.1. The number of carbonyl (C=O) groups is 1. The Morgan fingerprint density at radius 3 is 2.61 bits per heavy atom. The van der Waals surface area contributed by atoms with Gasteiger partial charge >= 0.3 is 0 Å². The minimum Gasteiger partial charge on any atom is -0.346 e. The highest BCUT2D eigenvalue weighted by atomic mass is 16.7. The number of benzene rings is 2. The smallest absolute Gasteiger partial charge is 0.246 e. The maximum absolute atomic E-state index is 11.9. The van der Waals surface area contributed by atoms with E-state index in [1.165, 1.54) is 0 Å². The molecule has 2 aliphatic rings. The van der Waals surface area contributed by atoms with E-state index in [9.17, 15) is 4.79 Å². The third-order valence-electron chi connectivity index (χ3n) is 3.89. The van der Waals surface area contributed by atoms with Gasteiger partial charge < -0.3 is 14.8 Å². The summed E-state index contributed by atoms with van der Waals surface area (Å²) in [6.45, 7) is 1.31. The van der Waals surface area contributed by atoms with E-state index < -0.39 is 0 Å². The van der Waals surface area contributed by atoms with Crippen LogP contribution < -0.4 is 5.32 Å². The first kappa shape index (κ1) is 14.1. The third kappa shape index (κ3) is 2.76. The fourth-order valence-corrected chi connectivity index (χ4v) is 2.83. The van der Waals surface area contributed by atoms with Crippen molar-refractivity contribution < 1.29 is 14.3 Å². The van der Waals surface area contributed by atoms with Gasteiger partial charge in [0.05, 0.1) is 24.6 Å². The number of amides is 1. The predicted molar refractivity (Wildman–Crippen MR) is 86.7 cm³/mol. The molecule has 0 aliphatic carbocycles. The molecule has 1 saturated heterocycles. The van der Waals surface area contributed by atoms with Gasteiger partial charge in [-0.1, -0.05) is 36.4 Å². The number of hydrogen-bond acceptors (Lipinski definition) is 4. The lowest BCUT2D eigenvalue weighted by Crippen LogP contribution is -2.13. The van der Waals surface area contributed by atoms with Crippen molar-refractivity contribution in [2.45, 2.75) is 6.29 Å². The van der Waals surface area contributed by atoms with Gasteiger partial charge in [0.15, 0.2) is 6.29 Å². The average molecular weight is 308 g/mol. The van der Waals surface area contributed by atoms with E-state index in [4.69, 9.17) is 9.47 Å². The number of aliphatic imine (C=N–C) groups is 1. The molecule has 4 rings (SSSR count). The lowest BCUT2D eigenvalue weighted by atomic mass is 9.98. The highest BCUT2D eigenvalue weighted by Crippen LogP contribution is 2.29. The van der Waals surface area contributed by atoms with Crippen LogP contribution in [0.2, 0.25) is 0 Å². The van der Waals surface area contributed by atoms with Gasteiger partial charge in [0.2, 0.25) is 5.91 Å². The van der Waals surface area contributed by atoms with Crippen molar-refractivity contribution in [3.63, 3.8) is 0 Å². The summed E-state index contributed by atoms with van der Waals surface area (Å²) in [5.74, 6) is -0.113. The molecule has 0 spiro atoms. The molecule has 116 valence electrons. The Morgan fingerprint density at radius 2 is 1.83 bits per heavy atom. The number of benzodiazepines with no additional fused rings is 1. The average Bonchev–Trinajstić information content (AvgIpc) is 3.06.